The minimum atomic E-state index is -3.86. The molecule has 0 radical (unpaired) electrons. The third-order valence-electron chi connectivity index (χ3n) is 1.27. The first kappa shape index (κ1) is 9.59. The lowest BCUT2D eigenvalue weighted by atomic mass is 10.4. The van der Waals surface area contributed by atoms with Crippen molar-refractivity contribution in [2.45, 2.75) is 4.90 Å². The van der Waals surface area contributed by atoms with Gasteiger partial charge in [0.1, 0.15) is 5.82 Å². The number of sulfonamides is 1. The molecule has 2 N–H and O–H groups in total. The van der Waals surface area contributed by atoms with Crippen LogP contribution in [0.25, 0.3) is 0 Å². The predicted octanol–water partition coefficient (Wildman–Crippen LogP) is 0.840. The second-order valence-corrected chi connectivity index (χ2v) is 3.71. The summed E-state index contributed by atoms with van der Waals surface area (Å²) in [5, 5.41) is 2.65. The molecule has 1 aromatic rings. The highest BCUT2D eigenvalue weighted by Crippen LogP contribution is 2.12. The lowest BCUT2D eigenvalue weighted by Gasteiger charge is -1.95. The fraction of sp³-hybridized carbons (Fsp3) is 0. The first-order chi connectivity index (χ1) is 6.06. The van der Waals surface area contributed by atoms with Crippen LogP contribution in [0.1, 0.15) is 0 Å². The predicted molar refractivity (Wildman–Crippen MR) is 42.6 cm³/mol. The Balaban J connectivity index is 3.17. The van der Waals surface area contributed by atoms with Crippen LogP contribution in [0.5, 0.6) is 0 Å². The Bertz CT molecular complexity index is 412. The summed E-state index contributed by atoms with van der Waals surface area (Å²) in [4.78, 5) is -0.150. The zero-order valence-electron chi connectivity index (χ0n) is 6.38. The molecule has 70 valence electrons. The quantitative estimate of drug-likeness (QED) is 0.439. The smallest absolute Gasteiger partial charge is 0.301 e. The van der Waals surface area contributed by atoms with Gasteiger partial charge in [-0.3, -0.25) is 0 Å². The first-order valence-corrected chi connectivity index (χ1v) is 4.63. The van der Waals surface area contributed by atoms with E-state index in [2.05, 4.69) is 15.6 Å². The van der Waals surface area contributed by atoms with Gasteiger partial charge in [0.15, 0.2) is 0 Å². The molecule has 0 heterocycles. The number of nitrogens with zero attached hydrogens (tertiary/aromatic N) is 2. The average molecular weight is 203 g/mol. The van der Waals surface area contributed by atoms with Crippen LogP contribution in [0.4, 0.5) is 4.39 Å². The summed E-state index contributed by atoms with van der Waals surface area (Å²) in [7, 11) is -3.86. The van der Waals surface area contributed by atoms with E-state index < -0.39 is 15.8 Å². The number of benzene rings is 1. The monoisotopic (exact) mass is 203 g/mol. The van der Waals surface area contributed by atoms with Gasteiger partial charge < -0.3 is 5.84 Å². The van der Waals surface area contributed by atoms with E-state index in [1.165, 1.54) is 0 Å². The van der Waals surface area contributed by atoms with E-state index in [1.54, 1.807) is 0 Å². The normalized spacial score (nSPS) is 12.1. The summed E-state index contributed by atoms with van der Waals surface area (Å²) < 4.78 is 37.4. The van der Waals surface area contributed by atoms with Crippen LogP contribution in [-0.2, 0) is 10.0 Å². The molecule has 0 bridgehead atoms. The van der Waals surface area contributed by atoms with Gasteiger partial charge in [0.05, 0.1) is 4.90 Å². The highest BCUT2D eigenvalue weighted by Gasteiger charge is 2.11. The van der Waals surface area contributed by atoms with E-state index in [4.69, 9.17) is 0 Å². The maximum atomic E-state index is 12.4. The third kappa shape index (κ3) is 2.22. The maximum absolute atomic E-state index is 12.4. The van der Waals surface area contributed by atoms with E-state index in [-0.39, 0.29) is 4.90 Å². The average Bonchev–Trinajstić information content (AvgIpc) is 2.05. The fourth-order valence-corrected chi connectivity index (χ4v) is 1.41. The van der Waals surface area contributed by atoms with E-state index in [9.17, 15) is 12.8 Å². The second-order valence-electron chi connectivity index (χ2n) is 2.13. The molecule has 0 aliphatic carbocycles. The molecule has 5 nitrogen and oxygen atoms in total. The van der Waals surface area contributed by atoms with Crippen LogP contribution in [0.2, 0.25) is 0 Å². The fourth-order valence-electron chi connectivity index (χ4n) is 0.716. The largest absolute Gasteiger partial charge is 0.304 e. The van der Waals surface area contributed by atoms with Crippen molar-refractivity contribution in [2.75, 3.05) is 0 Å². The zero-order valence-corrected chi connectivity index (χ0v) is 7.20. The van der Waals surface area contributed by atoms with Crippen LogP contribution < -0.4 is 5.84 Å². The van der Waals surface area contributed by atoms with Crippen molar-refractivity contribution in [3.63, 3.8) is 0 Å². The highest BCUT2D eigenvalue weighted by molar-refractivity contribution is 7.90. The van der Waals surface area contributed by atoms with Crippen LogP contribution >= 0.6 is 0 Å². The topological polar surface area (TPSA) is 84.9 Å². The summed E-state index contributed by atoms with van der Waals surface area (Å²) in [6.07, 6.45) is 0. The van der Waals surface area contributed by atoms with Gasteiger partial charge in [0.25, 0.3) is 0 Å². The lowest BCUT2D eigenvalue weighted by Crippen LogP contribution is -1.96. The summed E-state index contributed by atoms with van der Waals surface area (Å²) in [6.45, 7) is 0. The minimum Gasteiger partial charge on any atom is -0.304 e. The van der Waals surface area contributed by atoms with Crippen LogP contribution in [0.15, 0.2) is 38.9 Å². The molecule has 7 heteroatoms. The number of hydrogen-bond donors (Lipinski definition) is 1. The summed E-state index contributed by atoms with van der Waals surface area (Å²) in [6, 6.07) is 4.19. The molecule has 1 rings (SSSR count). The number of hydrogen-bond acceptors (Lipinski definition) is 3. The van der Waals surface area contributed by atoms with Crippen LogP contribution in [0.3, 0.4) is 0 Å². The highest BCUT2D eigenvalue weighted by atomic mass is 32.2. The molecule has 0 aliphatic heterocycles. The summed E-state index contributed by atoms with van der Waals surface area (Å²) >= 11 is 0. The molecular weight excluding hydrogens is 197 g/mol. The zero-order chi connectivity index (χ0) is 9.90. The molecule has 13 heavy (non-hydrogen) atoms. The molecule has 0 amide bonds. The minimum absolute atomic E-state index is 0.150. The van der Waals surface area contributed by atoms with E-state index in [1.807, 2.05) is 0 Å². The van der Waals surface area contributed by atoms with Gasteiger partial charge in [-0.2, -0.15) is 8.42 Å². The van der Waals surface area contributed by atoms with Crippen molar-refractivity contribution in [2.24, 2.45) is 15.6 Å². The van der Waals surface area contributed by atoms with Gasteiger partial charge in [-0.1, -0.05) is 5.22 Å². The third-order valence-corrected chi connectivity index (χ3v) is 2.44. The number of rotatable bonds is 2. The standard InChI is InChI=1S/C6H6FN3O2S/c7-5-1-3-6(4-2-5)13(11,12)10-9-8/h1-4H,(H2,8,10). The van der Waals surface area contributed by atoms with Crippen molar-refractivity contribution < 1.29 is 12.8 Å². The molecule has 0 aliphatic rings. The Morgan fingerprint density at radius 1 is 1.23 bits per heavy atom. The first-order valence-electron chi connectivity index (χ1n) is 3.19. The molecule has 1 aromatic carbocycles. The van der Waals surface area contributed by atoms with Crippen LogP contribution in [0, 0.1) is 5.82 Å². The van der Waals surface area contributed by atoms with E-state index in [0.717, 1.165) is 24.3 Å². The SMILES string of the molecule is NN=NS(=O)(=O)c1ccc(F)cc1. The van der Waals surface area contributed by atoms with Crippen molar-refractivity contribution in [3.8, 4) is 0 Å². The molecular formula is C6H6FN3O2S. The summed E-state index contributed by atoms with van der Waals surface area (Å²) in [5.74, 6) is 4.06. The summed E-state index contributed by atoms with van der Waals surface area (Å²) in [5.41, 5.74) is 0. The van der Waals surface area contributed by atoms with E-state index >= 15 is 0 Å². The Labute approximate surface area is 74.1 Å². The Morgan fingerprint density at radius 3 is 2.23 bits per heavy atom. The van der Waals surface area contributed by atoms with Gasteiger partial charge in [-0.15, -0.1) is 0 Å². The Hall–Kier alpha value is -1.50. The molecule has 0 saturated heterocycles. The van der Waals surface area contributed by atoms with Crippen molar-refractivity contribution in [1.82, 2.24) is 0 Å². The number of nitrogens with two attached hydrogens (primary N) is 1. The second kappa shape index (κ2) is 3.48. The molecule has 0 fully saturated rings. The lowest BCUT2D eigenvalue weighted by molar-refractivity contribution is 0.593. The van der Waals surface area contributed by atoms with Crippen molar-refractivity contribution in [1.29, 1.82) is 0 Å². The van der Waals surface area contributed by atoms with Crippen LogP contribution in [-0.4, -0.2) is 8.42 Å². The molecule has 0 unspecified atom stereocenters. The molecule has 0 aromatic heterocycles. The Morgan fingerprint density at radius 2 is 1.77 bits per heavy atom. The number of halogens is 1. The van der Waals surface area contributed by atoms with Gasteiger partial charge in [-0.05, 0) is 28.8 Å². The molecule has 0 atom stereocenters. The van der Waals surface area contributed by atoms with Crippen molar-refractivity contribution >= 4 is 10.0 Å². The van der Waals surface area contributed by atoms with Gasteiger partial charge >= 0.3 is 10.0 Å². The Kier molecular flexibility index (Phi) is 2.57. The van der Waals surface area contributed by atoms with E-state index in [0.29, 0.717) is 0 Å². The molecule has 0 saturated carbocycles. The van der Waals surface area contributed by atoms with Gasteiger partial charge in [0.2, 0.25) is 0 Å². The van der Waals surface area contributed by atoms with Gasteiger partial charge in [0, 0.05) is 0 Å². The van der Waals surface area contributed by atoms with Crippen molar-refractivity contribution in [3.05, 3.63) is 30.1 Å². The maximum Gasteiger partial charge on any atom is 0.301 e. The van der Waals surface area contributed by atoms with Gasteiger partial charge in [-0.25, -0.2) is 4.39 Å². The molecule has 0 spiro atoms.